The molecule has 2 aromatic carbocycles. The maximum Gasteiger partial charge on any atom is 0.251 e. The van der Waals surface area contributed by atoms with Crippen molar-refractivity contribution in [3.05, 3.63) is 94.8 Å². The van der Waals surface area contributed by atoms with Crippen molar-refractivity contribution in [2.24, 2.45) is 0 Å². The SMILES string of the molecule is Cc1ccc(Sc2cnc(Nc3ccccn3)s2)cc1C(=O)NCc1cc(C(C)(C)C)cc(C(C)(C)C)c1. The molecule has 0 saturated carbocycles. The second-order valence-corrected chi connectivity index (χ2v) is 13.9. The van der Waals surface area contributed by atoms with Crippen LogP contribution in [0.15, 0.2) is 76.1 Å². The van der Waals surface area contributed by atoms with E-state index in [1.807, 2.05) is 49.5 Å². The van der Waals surface area contributed by atoms with E-state index in [0.29, 0.717) is 12.1 Å². The maximum absolute atomic E-state index is 13.3. The Bertz CT molecular complexity index is 1380. The molecule has 2 N–H and O–H groups in total. The summed E-state index contributed by atoms with van der Waals surface area (Å²) in [5.74, 6) is 0.695. The zero-order chi connectivity index (χ0) is 27.5. The average Bonchev–Trinajstić information content (AvgIpc) is 3.29. The fourth-order valence-electron chi connectivity index (χ4n) is 3.87. The van der Waals surface area contributed by atoms with Crippen LogP contribution in [0, 0.1) is 6.92 Å². The van der Waals surface area contributed by atoms with Crippen LogP contribution in [0.1, 0.15) is 74.2 Å². The Balaban J connectivity index is 1.47. The van der Waals surface area contributed by atoms with E-state index >= 15 is 0 Å². The summed E-state index contributed by atoms with van der Waals surface area (Å²) in [4.78, 5) is 23.0. The molecule has 0 atom stereocenters. The second kappa shape index (κ2) is 11.3. The van der Waals surface area contributed by atoms with E-state index in [9.17, 15) is 4.79 Å². The standard InChI is InChI=1S/C31H36N4OS2/c1-20-11-12-24(37-27-19-34-29(38-27)35-26-10-8-9-13-32-26)17-25(20)28(36)33-18-21-14-22(30(2,3)4)16-23(15-21)31(5,6)7/h8-17,19H,18H2,1-7H3,(H,33,36)(H,32,34,35). The molecule has 38 heavy (non-hydrogen) atoms. The third kappa shape index (κ3) is 7.23. The van der Waals surface area contributed by atoms with Gasteiger partial charge in [0.2, 0.25) is 0 Å². The highest BCUT2D eigenvalue weighted by Crippen LogP contribution is 2.35. The zero-order valence-electron chi connectivity index (χ0n) is 23.2. The molecule has 0 fully saturated rings. The molecule has 2 aromatic heterocycles. The number of hydrogen-bond donors (Lipinski definition) is 2. The lowest BCUT2D eigenvalue weighted by atomic mass is 9.79. The van der Waals surface area contributed by atoms with E-state index in [1.54, 1.807) is 29.3 Å². The van der Waals surface area contributed by atoms with Gasteiger partial charge in [-0.2, -0.15) is 0 Å². The number of pyridine rings is 1. The molecule has 4 rings (SSSR count). The highest BCUT2D eigenvalue weighted by Gasteiger charge is 2.21. The first-order valence-corrected chi connectivity index (χ1v) is 14.4. The van der Waals surface area contributed by atoms with Crippen molar-refractivity contribution in [2.75, 3.05) is 5.32 Å². The van der Waals surface area contributed by atoms with Crippen LogP contribution in [0.25, 0.3) is 0 Å². The Labute approximate surface area is 234 Å². The van der Waals surface area contributed by atoms with Gasteiger partial charge < -0.3 is 10.6 Å². The summed E-state index contributed by atoms with van der Waals surface area (Å²) < 4.78 is 1.03. The number of benzene rings is 2. The number of anilines is 2. The van der Waals surface area contributed by atoms with E-state index in [1.165, 1.54) is 11.1 Å². The summed E-state index contributed by atoms with van der Waals surface area (Å²) >= 11 is 3.15. The Hall–Kier alpha value is -3.16. The summed E-state index contributed by atoms with van der Waals surface area (Å²) in [6.45, 7) is 15.8. The minimum Gasteiger partial charge on any atom is -0.348 e. The number of carbonyl (C=O) groups excluding carboxylic acids is 1. The van der Waals surface area contributed by atoms with Gasteiger partial charge in [-0.05, 0) is 64.3 Å². The van der Waals surface area contributed by atoms with E-state index in [0.717, 1.165) is 31.2 Å². The lowest BCUT2D eigenvalue weighted by molar-refractivity contribution is 0.0950. The van der Waals surface area contributed by atoms with Crippen LogP contribution in [0.3, 0.4) is 0 Å². The number of nitrogens with zero attached hydrogens (tertiary/aromatic N) is 2. The molecule has 0 aliphatic heterocycles. The van der Waals surface area contributed by atoms with Crippen molar-refractivity contribution in [3.63, 3.8) is 0 Å². The third-order valence-corrected chi connectivity index (χ3v) is 8.24. The largest absolute Gasteiger partial charge is 0.348 e. The quantitative estimate of drug-likeness (QED) is 0.245. The van der Waals surface area contributed by atoms with Gasteiger partial charge in [-0.1, -0.05) is 95.0 Å². The van der Waals surface area contributed by atoms with Gasteiger partial charge in [0.15, 0.2) is 5.13 Å². The Morgan fingerprint density at radius 2 is 1.63 bits per heavy atom. The van der Waals surface area contributed by atoms with Crippen molar-refractivity contribution in [1.82, 2.24) is 15.3 Å². The fraction of sp³-hybridized carbons (Fsp3) is 0.323. The molecule has 0 bridgehead atoms. The molecule has 0 radical (unpaired) electrons. The number of aromatic nitrogens is 2. The molecular formula is C31H36N4OS2. The van der Waals surface area contributed by atoms with Crippen molar-refractivity contribution in [2.45, 2.75) is 74.9 Å². The molecular weight excluding hydrogens is 509 g/mol. The molecule has 4 aromatic rings. The monoisotopic (exact) mass is 544 g/mol. The van der Waals surface area contributed by atoms with E-state index in [2.05, 4.69) is 80.3 Å². The first-order valence-electron chi connectivity index (χ1n) is 12.7. The normalized spacial score (nSPS) is 11.9. The van der Waals surface area contributed by atoms with Gasteiger partial charge in [0.1, 0.15) is 5.82 Å². The number of hydrogen-bond acceptors (Lipinski definition) is 6. The van der Waals surface area contributed by atoms with E-state index in [-0.39, 0.29) is 16.7 Å². The zero-order valence-corrected chi connectivity index (χ0v) is 24.8. The first kappa shape index (κ1) is 27.9. The highest BCUT2D eigenvalue weighted by molar-refractivity contribution is 8.01. The molecule has 0 aliphatic rings. The van der Waals surface area contributed by atoms with Gasteiger partial charge in [-0.15, -0.1) is 0 Å². The Kier molecular flexibility index (Phi) is 8.28. The predicted molar refractivity (Wildman–Crippen MR) is 160 cm³/mol. The van der Waals surface area contributed by atoms with Crippen LogP contribution in [0.2, 0.25) is 0 Å². The van der Waals surface area contributed by atoms with Gasteiger partial charge in [0.05, 0.1) is 10.4 Å². The lowest BCUT2D eigenvalue weighted by Crippen LogP contribution is -2.25. The minimum atomic E-state index is -0.0646. The minimum absolute atomic E-state index is 0.0335. The maximum atomic E-state index is 13.3. The second-order valence-electron chi connectivity index (χ2n) is 11.5. The summed E-state index contributed by atoms with van der Waals surface area (Å²) in [7, 11) is 0. The van der Waals surface area contributed by atoms with Crippen LogP contribution >= 0.6 is 23.1 Å². The molecule has 198 valence electrons. The molecule has 5 nitrogen and oxygen atoms in total. The molecule has 0 aliphatic carbocycles. The summed E-state index contributed by atoms with van der Waals surface area (Å²) in [5, 5.41) is 7.17. The van der Waals surface area contributed by atoms with Crippen molar-refractivity contribution in [3.8, 4) is 0 Å². The fourth-order valence-corrected chi connectivity index (χ4v) is 5.77. The van der Waals surface area contributed by atoms with Gasteiger partial charge in [-0.3, -0.25) is 4.79 Å². The van der Waals surface area contributed by atoms with Gasteiger partial charge >= 0.3 is 0 Å². The van der Waals surface area contributed by atoms with E-state index < -0.39 is 0 Å². The molecule has 0 saturated heterocycles. The summed E-state index contributed by atoms with van der Waals surface area (Å²) in [6.07, 6.45) is 3.59. The van der Waals surface area contributed by atoms with Crippen LogP contribution in [0.5, 0.6) is 0 Å². The first-order chi connectivity index (χ1) is 17.9. The topological polar surface area (TPSA) is 66.9 Å². The molecule has 7 heteroatoms. The number of rotatable bonds is 7. The van der Waals surface area contributed by atoms with Crippen molar-refractivity contribution >= 4 is 40.0 Å². The van der Waals surface area contributed by atoms with Crippen molar-refractivity contribution in [1.29, 1.82) is 0 Å². The molecule has 0 unspecified atom stereocenters. The van der Waals surface area contributed by atoms with Gasteiger partial charge in [-0.25, -0.2) is 9.97 Å². The lowest BCUT2D eigenvalue weighted by Gasteiger charge is -2.26. The Morgan fingerprint density at radius 1 is 0.921 bits per heavy atom. The highest BCUT2D eigenvalue weighted by atomic mass is 32.2. The van der Waals surface area contributed by atoms with Crippen molar-refractivity contribution < 1.29 is 4.79 Å². The van der Waals surface area contributed by atoms with Crippen LogP contribution in [0.4, 0.5) is 10.9 Å². The van der Waals surface area contributed by atoms with Gasteiger partial charge in [0, 0.05) is 23.2 Å². The molecule has 2 heterocycles. The smallest absolute Gasteiger partial charge is 0.251 e. The van der Waals surface area contributed by atoms with Gasteiger partial charge in [0.25, 0.3) is 5.91 Å². The predicted octanol–water partition coefficient (Wildman–Crippen LogP) is 8.27. The average molecular weight is 545 g/mol. The number of aryl methyl sites for hydroxylation is 1. The summed E-state index contributed by atoms with van der Waals surface area (Å²) in [5.41, 5.74) is 5.39. The van der Waals surface area contributed by atoms with Crippen LogP contribution in [-0.2, 0) is 17.4 Å². The van der Waals surface area contributed by atoms with Crippen LogP contribution < -0.4 is 10.6 Å². The number of amides is 1. The molecule has 1 amide bonds. The molecule has 0 spiro atoms. The summed E-state index contributed by atoms with van der Waals surface area (Å²) in [6, 6.07) is 18.5. The Morgan fingerprint density at radius 3 is 2.26 bits per heavy atom. The number of carbonyl (C=O) groups is 1. The number of thiazole rings is 1. The van der Waals surface area contributed by atoms with Crippen LogP contribution in [-0.4, -0.2) is 15.9 Å². The third-order valence-electron chi connectivity index (χ3n) is 6.23. The number of nitrogens with one attached hydrogen (secondary N) is 2. The van der Waals surface area contributed by atoms with E-state index in [4.69, 9.17) is 0 Å².